The molecule has 1 radical (unpaired) electrons. The summed E-state index contributed by atoms with van der Waals surface area (Å²) in [5.41, 5.74) is 3.07. The minimum Gasteiger partial charge on any atom is -0.0654 e. The van der Waals surface area contributed by atoms with Crippen LogP contribution in [0.4, 0.5) is 0 Å². The third-order valence-corrected chi connectivity index (χ3v) is 6.54. The van der Waals surface area contributed by atoms with Gasteiger partial charge in [-0.15, -0.1) is 0 Å². The number of hydrogen-bond acceptors (Lipinski definition) is 0. The summed E-state index contributed by atoms with van der Waals surface area (Å²) >= 11 is 0. The van der Waals surface area contributed by atoms with Gasteiger partial charge in [0.25, 0.3) is 0 Å². The first-order valence-electron chi connectivity index (χ1n) is 13.3. The van der Waals surface area contributed by atoms with Crippen LogP contribution in [0.3, 0.4) is 0 Å². The molecule has 0 spiro atoms. The molecule has 0 aromatic heterocycles. The highest BCUT2D eigenvalue weighted by Gasteiger charge is 2.06. The predicted molar refractivity (Wildman–Crippen MR) is 135 cm³/mol. The molecule has 167 valence electrons. The van der Waals surface area contributed by atoms with Crippen molar-refractivity contribution in [1.82, 2.24) is 0 Å². The Labute approximate surface area is 187 Å². The Morgan fingerprint density at radius 2 is 1.07 bits per heavy atom. The van der Waals surface area contributed by atoms with Gasteiger partial charge in [-0.1, -0.05) is 134 Å². The third kappa shape index (κ3) is 10.1. The second-order valence-electron chi connectivity index (χ2n) is 9.31. The maximum atomic E-state index is 3.79. The van der Waals surface area contributed by atoms with E-state index in [1.165, 1.54) is 132 Å². The van der Waals surface area contributed by atoms with Gasteiger partial charge < -0.3 is 0 Å². The van der Waals surface area contributed by atoms with Crippen molar-refractivity contribution >= 4 is 10.8 Å². The molecule has 2 aromatic rings. The molecule has 30 heavy (non-hydrogen) atoms. The number of fused-ring (bicyclic) bond motifs is 1. The second kappa shape index (κ2) is 16.4. The molecule has 2 aromatic carbocycles. The van der Waals surface area contributed by atoms with Crippen molar-refractivity contribution in [2.24, 2.45) is 0 Å². The first-order chi connectivity index (χ1) is 14.8. The lowest BCUT2D eigenvalue weighted by atomic mass is 9.93. The van der Waals surface area contributed by atoms with Crippen molar-refractivity contribution in [3.63, 3.8) is 0 Å². The SMILES string of the molecule is CCCCCCCCCCc1[c]c2ccccc2cc1CCCCCCCCCC. The molecule has 0 saturated heterocycles. The first-order valence-corrected chi connectivity index (χ1v) is 13.3. The van der Waals surface area contributed by atoms with Gasteiger partial charge in [0.05, 0.1) is 0 Å². The van der Waals surface area contributed by atoms with Gasteiger partial charge in [-0.05, 0) is 53.6 Å². The summed E-state index contributed by atoms with van der Waals surface area (Å²) < 4.78 is 0. The summed E-state index contributed by atoms with van der Waals surface area (Å²) in [5.74, 6) is 0. The molecule has 0 aliphatic heterocycles. The fraction of sp³-hybridized carbons (Fsp3) is 0.667. The van der Waals surface area contributed by atoms with Crippen molar-refractivity contribution in [2.75, 3.05) is 0 Å². The smallest absolute Gasteiger partial charge is 0.00614 e. The van der Waals surface area contributed by atoms with Crippen molar-refractivity contribution in [1.29, 1.82) is 0 Å². The van der Waals surface area contributed by atoms with E-state index in [1.807, 2.05) is 0 Å². The Hall–Kier alpha value is -1.30. The Kier molecular flexibility index (Phi) is 13.6. The van der Waals surface area contributed by atoms with E-state index < -0.39 is 0 Å². The highest BCUT2D eigenvalue weighted by Crippen LogP contribution is 2.24. The molecule has 0 heterocycles. The van der Waals surface area contributed by atoms with Gasteiger partial charge in [-0.3, -0.25) is 0 Å². The van der Waals surface area contributed by atoms with Crippen molar-refractivity contribution in [3.05, 3.63) is 47.5 Å². The number of unbranched alkanes of at least 4 members (excludes halogenated alkanes) is 14. The van der Waals surface area contributed by atoms with Crippen molar-refractivity contribution in [3.8, 4) is 0 Å². The average Bonchev–Trinajstić information content (AvgIpc) is 2.77. The van der Waals surface area contributed by atoms with Gasteiger partial charge in [-0.25, -0.2) is 0 Å². The molecule has 0 heteroatoms. The Bertz CT molecular complexity index is 610. The minimum atomic E-state index is 1.21. The summed E-state index contributed by atoms with van der Waals surface area (Å²) in [6.07, 6.45) is 24.8. The standard InChI is InChI=1S/C30H47/c1-3-5-7-9-11-13-15-17-21-27-25-29-23-19-20-24-30(29)26-28(27)22-18-16-14-12-10-8-6-4-2/h19-20,23-25H,3-18,21-22H2,1-2H3. The molecule has 0 N–H and O–H groups in total. The van der Waals surface area contributed by atoms with Gasteiger partial charge in [0.1, 0.15) is 0 Å². The minimum absolute atomic E-state index is 1.21. The summed E-state index contributed by atoms with van der Waals surface area (Å²) in [6.45, 7) is 4.59. The molecule has 0 amide bonds. The van der Waals surface area contributed by atoms with E-state index in [-0.39, 0.29) is 0 Å². The zero-order valence-electron chi connectivity index (χ0n) is 20.1. The van der Waals surface area contributed by atoms with Crippen LogP contribution in [0.5, 0.6) is 0 Å². The van der Waals surface area contributed by atoms with Crippen LogP contribution >= 0.6 is 0 Å². The Morgan fingerprint density at radius 3 is 1.67 bits per heavy atom. The number of aryl methyl sites for hydroxylation is 2. The molecule has 0 unspecified atom stereocenters. The zero-order valence-corrected chi connectivity index (χ0v) is 20.1. The lowest BCUT2D eigenvalue weighted by Crippen LogP contribution is -1.97. The molecule has 0 aliphatic carbocycles. The van der Waals surface area contributed by atoms with Gasteiger partial charge in [0, 0.05) is 0 Å². The van der Waals surface area contributed by atoms with Gasteiger partial charge in [0.2, 0.25) is 0 Å². The summed E-state index contributed by atoms with van der Waals surface area (Å²) in [7, 11) is 0. The lowest BCUT2D eigenvalue weighted by molar-refractivity contribution is 0.570. The van der Waals surface area contributed by atoms with Crippen LogP contribution in [-0.2, 0) is 12.8 Å². The number of hydrogen-bond donors (Lipinski definition) is 0. The number of benzene rings is 2. The fourth-order valence-electron chi connectivity index (χ4n) is 4.59. The topological polar surface area (TPSA) is 0 Å². The molecule has 0 atom stereocenters. The summed E-state index contributed by atoms with van der Waals surface area (Å²) in [5, 5.41) is 2.67. The van der Waals surface area contributed by atoms with E-state index in [9.17, 15) is 0 Å². The van der Waals surface area contributed by atoms with Crippen LogP contribution < -0.4 is 0 Å². The van der Waals surface area contributed by atoms with Crippen LogP contribution in [0.1, 0.15) is 128 Å². The van der Waals surface area contributed by atoms with E-state index in [2.05, 4.69) is 50.2 Å². The van der Waals surface area contributed by atoms with E-state index in [4.69, 9.17) is 0 Å². The van der Waals surface area contributed by atoms with Crippen LogP contribution in [0, 0.1) is 6.07 Å². The predicted octanol–water partition coefficient (Wildman–Crippen LogP) is 10.0. The normalized spacial score (nSPS) is 11.4. The largest absolute Gasteiger partial charge is 0.0654 e. The van der Waals surface area contributed by atoms with Crippen LogP contribution in [0.2, 0.25) is 0 Å². The summed E-state index contributed by atoms with van der Waals surface area (Å²) in [4.78, 5) is 0. The molecule has 2 rings (SSSR count). The molecular formula is C30H47. The second-order valence-corrected chi connectivity index (χ2v) is 9.31. The van der Waals surface area contributed by atoms with Crippen LogP contribution in [-0.4, -0.2) is 0 Å². The zero-order chi connectivity index (χ0) is 21.3. The molecule has 0 fully saturated rings. The quantitative estimate of drug-likeness (QED) is 0.216. The van der Waals surface area contributed by atoms with E-state index >= 15 is 0 Å². The molecular weight excluding hydrogens is 360 g/mol. The van der Waals surface area contributed by atoms with Gasteiger partial charge in [0.15, 0.2) is 0 Å². The third-order valence-electron chi connectivity index (χ3n) is 6.54. The maximum Gasteiger partial charge on any atom is -0.00614 e. The monoisotopic (exact) mass is 407 g/mol. The molecule has 0 bridgehead atoms. The molecule has 0 saturated carbocycles. The van der Waals surface area contributed by atoms with E-state index in [0.29, 0.717) is 0 Å². The van der Waals surface area contributed by atoms with E-state index in [1.54, 1.807) is 5.56 Å². The first kappa shape index (κ1) is 25.0. The summed E-state index contributed by atoms with van der Waals surface area (Å²) in [6, 6.07) is 15.0. The Balaban J connectivity index is 1.77. The van der Waals surface area contributed by atoms with E-state index in [0.717, 1.165) is 0 Å². The van der Waals surface area contributed by atoms with Crippen molar-refractivity contribution in [2.45, 2.75) is 129 Å². The molecule has 0 aliphatic rings. The maximum absolute atomic E-state index is 3.79. The lowest BCUT2D eigenvalue weighted by Gasteiger charge is -2.12. The van der Waals surface area contributed by atoms with Crippen LogP contribution in [0.25, 0.3) is 10.8 Å². The fourth-order valence-corrected chi connectivity index (χ4v) is 4.59. The molecule has 0 nitrogen and oxygen atoms in total. The van der Waals surface area contributed by atoms with Gasteiger partial charge in [-0.2, -0.15) is 0 Å². The Morgan fingerprint density at radius 1 is 0.567 bits per heavy atom. The highest BCUT2D eigenvalue weighted by molar-refractivity contribution is 5.83. The average molecular weight is 408 g/mol. The highest BCUT2D eigenvalue weighted by atomic mass is 14.1. The number of rotatable bonds is 18. The van der Waals surface area contributed by atoms with Gasteiger partial charge >= 0.3 is 0 Å². The van der Waals surface area contributed by atoms with Crippen molar-refractivity contribution < 1.29 is 0 Å². The van der Waals surface area contributed by atoms with Crippen LogP contribution in [0.15, 0.2) is 30.3 Å².